The van der Waals surface area contributed by atoms with Crippen molar-refractivity contribution in [1.82, 2.24) is 19.9 Å². The molecule has 2 aromatic carbocycles. The highest BCUT2D eigenvalue weighted by atomic mass is 79.9. The van der Waals surface area contributed by atoms with Gasteiger partial charge in [0.25, 0.3) is 0 Å². The lowest BCUT2D eigenvalue weighted by atomic mass is 10.1. The van der Waals surface area contributed by atoms with Gasteiger partial charge in [-0.15, -0.1) is 0 Å². The Morgan fingerprint density at radius 3 is 2.61 bits per heavy atom. The van der Waals surface area contributed by atoms with Crippen LogP contribution in [0.3, 0.4) is 0 Å². The molecule has 1 saturated heterocycles. The molecular weight excluding hydrogens is 458 g/mol. The van der Waals surface area contributed by atoms with Gasteiger partial charge in [0.05, 0.1) is 13.1 Å². The number of anilines is 1. The Morgan fingerprint density at radius 1 is 1.10 bits per heavy atom. The molecule has 1 fully saturated rings. The molecule has 3 aromatic rings. The van der Waals surface area contributed by atoms with Crippen LogP contribution in [0.25, 0.3) is 11.4 Å². The standard InChI is InChI=1S/C23H26BrN5O2/c1-16-5-3-8-20(17(16)2)25-21(30)14-28-9-11-29(12-10-28)15-22-26-23(27-31-22)18-6-4-7-19(24)13-18/h3-8,13H,9-12,14-15H2,1-2H3,(H,25,30). The van der Waals surface area contributed by atoms with Gasteiger partial charge in [-0.25, -0.2) is 0 Å². The summed E-state index contributed by atoms with van der Waals surface area (Å²) >= 11 is 3.47. The van der Waals surface area contributed by atoms with E-state index in [0.29, 0.717) is 24.8 Å². The van der Waals surface area contributed by atoms with Crippen LogP contribution in [0.15, 0.2) is 51.5 Å². The topological polar surface area (TPSA) is 74.5 Å². The summed E-state index contributed by atoms with van der Waals surface area (Å²) in [5.41, 5.74) is 4.10. The van der Waals surface area contributed by atoms with E-state index in [1.54, 1.807) is 0 Å². The Kier molecular flexibility index (Phi) is 6.80. The van der Waals surface area contributed by atoms with Gasteiger partial charge in [-0.05, 0) is 43.2 Å². The number of aromatic nitrogens is 2. The molecule has 0 unspecified atom stereocenters. The van der Waals surface area contributed by atoms with Crippen LogP contribution in [0.2, 0.25) is 0 Å². The number of amides is 1. The molecule has 0 aliphatic carbocycles. The number of benzene rings is 2. The summed E-state index contributed by atoms with van der Waals surface area (Å²) in [6, 6.07) is 13.8. The van der Waals surface area contributed by atoms with Gasteiger partial charge >= 0.3 is 0 Å². The Morgan fingerprint density at radius 2 is 1.84 bits per heavy atom. The van der Waals surface area contributed by atoms with Crippen molar-refractivity contribution in [3.8, 4) is 11.4 Å². The van der Waals surface area contributed by atoms with Crippen LogP contribution in [0.5, 0.6) is 0 Å². The summed E-state index contributed by atoms with van der Waals surface area (Å²) in [4.78, 5) is 21.5. The fourth-order valence-electron chi connectivity index (χ4n) is 3.64. The summed E-state index contributed by atoms with van der Waals surface area (Å²) in [6.45, 7) is 8.45. The quantitative estimate of drug-likeness (QED) is 0.573. The monoisotopic (exact) mass is 483 g/mol. The summed E-state index contributed by atoms with van der Waals surface area (Å²) < 4.78 is 6.43. The molecule has 0 saturated carbocycles. The van der Waals surface area contributed by atoms with E-state index in [1.165, 1.54) is 5.56 Å². The van der Waals surface area contributed by atoms with E-state index < -0.39 is 0 Å². The van der Waals surface area contributed by atoms with E-state index >= 15 is 0 Å². The molecule has 0 radical (unpaired) electrons. The molecule has 162 valence electrons. The molecule has 1 amide bonds. The predicted octanol–water partition coefficient (Wildman–Crippen LogP) is 3.87. The van der Waals surface area contributed by atoms with Gasteiger partial charge in [0.15, 0.2) is 0 Å². The molecule has 8 heteroatoms. The van der Waals surface area contributed by atoms with Crippen molar-refractivity contribution < 1.29 is 9.32 Å². The maximum Gasteiger partial charge on any atom is 0.241 e. The van der Waals surface area contributed by atoms with Gasteiger partial charge in [0.2, 0.25) is 17.6 Å². The third-order valence-corrected chi connectivity index (χ3v) is 6.11. The number of nitrogens with one attached hydrogen (secondary N) is 1. The SMILES string of the molecule is Cc1cccc(NC(=O)CN2CCN(Cc3nc(-c4cccc(Br)c4)no3)CC2)c1C. The van der Waals surface area contributed by atoms with Crippen LogP contribution in [0, 0.1) is 13.8 Å². The zero-order valence-electron chi connectivity index (χ0n) is 17.8. The highest BCUT2D eigenvalue weighted by Crippen LogP contribution is 2.21. The number of halogens is 1. The van der Waals surface area contributed by atoms with Crippen LogP contribution in [-0.2, 0) is 11.3 Å². The number of rotatable bonds is 6. The van der Waals surface area contributed by atoms with Crippen molar-refractivity contribution in [2.24, 2.45) is 0 Å². The largest absolute Gasteiger partial charge is 0.338 e. The molecule has 1 N–H and O–H groups in total. The first kappa shape index (κ1) is 21.7. The van der Waals surface area contributed by atoms with Crippen molar-refractivity contribution >= 4 is 27.5 Å². The number of hydrogen-bond donors (Lipinski definition) is 1. The van der Waals surface area contributed by atoms with Gasteiger partial charge in [-0.3, -0.25) is 14.6 Å². The summed E-state index contributed by atoms with van der Waals surface area (Å²) in [5.74, 6) is 1.23. The predicted molar refractivity (Wildman–Crippen MR) is 124 cm³/mol. The first-order valence-corrected chi connectivity index (χ1v) is 11.2. The molecule has 31 heavy (non-hydrogen) atoms. The van der Waals surface area contributed by atoms with Gasteiger partial charge in [-0.2, -0.15) is 4.98 Å². The lowest BCUT2D eigenvalue weighted by Crippen LogP contribution is -2.48. The zero-order valence-corrected chi connectivity index (χ0v) is 19.4. The van der Waals surface area contributed by atoms with Crippen molar-refractivity contribution in [1.29, 1.82) is 0 Å². The van der Waals surface area contributed by atoms with Gasteiger partial charge in [-0.1, -0.05) is 45.4 Å². The van der Waals surface area contributed by atoms with Gasteiger partial charge in [0.1, 0.15) is 0 Å². The van der Waals surface area contributed by atoms with Crippen LogP contribution in [0.1, 0.15) is 17.0 Å². The molecule has 2 heterocycles. The number of piperazine rings is 1. The van der Waals surface area contributed by atoms with Gasteiger partial charge in [0, 0.05) is 41.9 Å². The number of nitrogens with zero attached hydrogens (tertiary/aromatic N) is 4. The fourth-order valence-corrected chi connectivity index (χ4v) is 4.04. The Bertz CT molecular complexity index is 1060. The molecule has 0 atom stereocenters. The van der Waals surface area contributed by atoms with Gasteiger partial charge < -0.3 is 9.84 Å². The third kappa shape index (κ3) is 5.58. The second-order valence-corrected chi connectivity index (χ2v) is 8.79. The van der Waals surface area contributed by atoms with Crippen LogP contribution in [-0.4, -0.2) is 58.6 Å². The second kappa shape index (κ2) is 9.72. The fraction of sp³-hybridized carbons (Fsp3) is 0.348. The molecule has 0 spiro atoms. The van der Waals surface area contributed by atoms with Crippen LogP contribution >= 0.6 is 15.9 Å². The van der Waals surface area contributed by atoms with Crippen molar-refractivity contribution in [2.45, 2.75) is 20.4 Å². The molecular formula is C23H26BrN5O2. The normalized spacial score (nSPS) is 15.2. The first-order valence-electron chi connectivity index (χ1n) is 10.4. The zero-order chi connectivity index (χ0) is 21.8. The van der Waals surface area contributed by atoms with Crippen molar-refractivity contribution in [3.63, 3.8) is 0 Å². The number of carbonyl (C=O) groups excluding carboxylic acids is 1. The number of hydrogen-bond acceptors (Lipinski definition) is 6. The van der Waals surface area contributed by atoms with Crippen LogP contribution < -0.4 is 5.32 Å². The average Bonchev–Trinajstić information content (AvgIpc) is 3.21. The van der Waals surface area contributed by atoms with Crippen LogP contribution in [0.4, 0.5) is 5.69 Å². The van der Waals surface area contributed by atoms with E-state index in [2.05, 4.69) is 54.2 Å². The summed E-state index contributed by atoms with van der Waals surface area (Å²) in [6.07, 6.45) is 0. The Balaban J connectivity index is 1.25. The molecule has 1 aromatic heterocycles. The summed E-state index contributed by atoms with van der Waals surface area (Å²) in [7, 11) is 0. The Hall–Kier alpha value is -2.55. The van der Waals surface area contributed by atoms with Crippen molar-refractivity contribution in [2.75, 3.05) is 38.0 Å². The molecule has 4 rings (SSSR count). The molecule has 1 aliphatic rings. The minimum atomic E-state index is 0.0257. The smallest absolute Gasteiger partial charge is 0.241 e. The molecule has 0 bridgehead atoms. The van der Waals surface area contributed by atoms with E-state index in [1.807, 2.05) is 43.3 Å². The molecule has 1 aliphatic heterocycles. The highest BCUT2D eigenvalue weighted by Gasteiger charge is 2.21. The first-order chi connectivity index (χ1) is 15.0. The lowest BCUT2D eigenvalue weighted by molar-refractivity contribution is -0.117. The lowest BCUT2D eigenvalue weighted by Gasteiger charge is -2.33. The third-order valence-electron chi connectivity index (χ3n) is 5.62. The van der Waals surface area contributed by atoms with E-state index in [9.17, 15) is 4.79 Å². The summed E-state index contributed by atoms with van der Waals surface area (Å²) in [5, 5.41) is 7.14. The van der Waals surface area contributed by atoms with E-state index in [4.69, 9.17) is 4.52 Å². The van der Waals surface area contributed by atoms with E-state index in [0.717, 1.165) is 47.5 Å². The average molecular weight is 484 g/mol. The Labute approximate surface area is 190 Å². The number of aryl methyl sites for hydroxylation is 1. The maximum atomic E-state index is 12.5. The number of carbonyl (C=O) groups is 1. The second-order valence-electron chi connectivity index (χ2n) is 7.87. The van der Waals surface area contributed by atoms with Crippen molar-refractivity contribution in [3.05, 3.63) is 64.0 Å². The minimum Gasteiger partial charge on any atom is -0.338 e. The van der Waals surface area contributed by atoms with E-state index in [-0.39, 0.29) is 5.91 Å². The maximum absolute atomic E-state index is 12.5. The molecule has 7 nitrogen and oxygen atoms in total. The highest BCUT2D eigenvalue weighted by molar-refractivity contribution is 9.10. The minimum absolute atomic E-state index is 0.0257.